The maximum Gasteiger partial charge on any atom is 0.446 e. The number of aliphatic hydroxyl groups excluding tert-OH is 8. The van der Waals surface area contributed by atoms with Crippen LogP contribution in [0, 0.1) is 5.92 Å². The van der Waals surface area contributed by atoms with E-state index >= 15 is 0 Å². The van der Waals surface area contributed by atoms with Gasteiger partial charge in [0.05, 0.1) is 49.5 Å². The maximum absolute atomic E-state index is 14.3. The summed E-state index contributed by atoms with van der Waals surface area (Å²) in [5.74, 6) is -12.3. The number of carbonyl (C=O) groups excluding carboxylic acids is 7. The second-order valence-electron chi connectivity index (χ2n) is 15.8. The first kappa shape index (κ1) is 51.3. The van der Waals surface area contributed by atoms with E-state index in [1.54, 1.807) is 0 Å². The predicted octanol–water partition coefficient (Wildman–Crippen LogP) is -9.78. The number of nitrogens with one attached hydrogen (secondary N) is 4. The first-order chi connectivity index (χ1) is 29.6. The zero-order valence-electron chi connectivity index (χ0n) is 33.9. The van der Waals surface area contributed by atoms with Crippen LogP contribution in [0.2, 0.25) is 0 Å². The van der Waals surface area contributed by atoms with Gasteiger partial charge >= 0.3 is 10.4 Å². The number of benzene rings is 1. The number of rotatable bonds is 9. The minimum atomic E-state index is -5.23. The molecule has 3 aliphatic rings. The zero-order valence-corrected chi connectivity index (χ0v) is 34.8. The van der Waals surface area contributed by atoms with Gasteiger partial charge in [0.2, 0.25) is 41.4 Å². The van der Waals surface area contributed by atoms with Crippen molar-refractivity contribution in [3.05, 3.63) is 23.8 Å². The Balaban J connectivity index is 1.88. The van der Waals surface area contributed by atoms with E-state index < -0.39 is 187 Å². The third kappa shape index (κ3) is 12.1. The van der Waals surface area contributed by atoms with Crippen LogP contribution in [0.3, 0.4) is 0 Å². The summed E-state index contributed by atoms with van der Waals surface area (Å²) >= 11 is 0. The van der Waals surface area contributed by atoms with Gasteiger partial charge in [-0.15, -0.1) is 0 Å². The summed E-state index contributed by atoms with van der Waals surface area (Å²) in [5, 5.41) is 106. The molecule has 0 aromatic heterocycles. The average molecular weight is 937 g/mol. The minimum Gasteiger partial charge on any atom is -0.504 e. The Bertz CT molecular complexity index is 2060. The Morgan fingerprint density at radius 3 is 1.94 bits per heavy atom. The smallest absolute Gasteiger partial charge is 0.446 e. The van der Waals surface area contributed by atoms with Gasteiger partial charge < -0.3 is 92.7 Å². The van der Waals surface area contributed by atoms with Crippen molar-refractivity contribution < 1.29 is 96.7 Å². The van der Waals surface area contributed by atoms with E-state index in [2.05, 4.69) is 20.1 Å². The Morgan fingerprint density at radius 2 is 1.34 bits per heavy atom. The summed E-state index contributed by atoms with van der Waals surface area (Å²) in [5.41, 5.74) is 11.0. The fourth-order valence-electron chi connectivity index (χ4n) is 7.41. The monoisotopic (exact) mass is 936 g/mol. The molecule has 29 heteroatoms. The minimum absolute atomic E-state index is 0.183. The van der Waals surface area contributed by atoms with Crippen LogP contribution >= 0.6 is 0 Å². The highest BCUT2D eigenvalue weighted by molar-refractivity contribution is 7.81. The third-order valence-corrected chi connectivity index (χ3v) is 11.2. The van der Waals surface area contributed by atoms with Crippen molar-refractivity contribution in [2.24, 2.45) is 17.4 Å². The van der Waals surface area contributed by atoms with Gasteiger partial charge in [0.15, 0.2) is 17.7 Å². The molecule has 358 valence electrons. The van der Waals surface area contributed by atoms with Crippen molar-refractivity contribution in [3.8, 4) is 11.5 Å². The van der Waals surface area contributed by atoms with E-state index in [0.717, 1.165) is 25.1 Å². The number of nitrogens with zero attached hydrogens (tertiary/aromatic N) is 2. The van der Waals surface area contributed by atoms with Crippen molar-refractivity contribution in [1.29, 1.82) is 0 Å². The van der Waals surface area contributed by atoms with Crippen LogP contribution in [-0.2, 0) is 50.4 Å². The van der Waals surface area contributed by atoms with E-state index in [-0.39, 0.29) is 5.56 Å². The Morgan fingerprint density at radius 1 is 0.797 bits per heavy atom. The summed E-state index contributed by atoms with van der Waals surface area (Å²) in [6.45, 7) is 1.04. The molecule has 15 atom stereocenters. The molecule has 0 radical (unpaired) electrons. The number of amides is 7. The molecule has 7 amide bonds. The van der Waals surface area contributed by atoms with E-state index in [9.17, 15) is 87.9 Å². The first-order valence-electron chi connectivity index (χ1n) is 19.4. The van der Waals surface area contributed by atoms with Crippen LogP contribution in [-0.4, -0.2) is 208 Å². The Labute approximate surface area is 363 Å². The van der Waals surface area contributed by atoms with Crippen molar-refractivity contribution in [1.82, 2.24) is 31.1 Å². The van der Waals surface area contributed by atoms with E-state index in [4.69, 9.17) is 16.0 Å². The van der Waals surface area contributed by atoms with Crippen LogP contribution in [0.25, 0.3) is 0 Å². The van der Waals surface area contributed by atoms with E-state index in [1.807, 2.05) is 5.32 Å². The molecular weight excluding hydrogens is 884 g/mol. The Kier molecular flexibility index (Phi) is 16.6. The number of carbonyl (C=O) groups is 7. The van der Waals surface area contributed by atoms with Gasteiger partial charge in [-0.2, -0.15) is 8.42 Å². The first-order valence-corrected chi connectivity index (χ1v) is 20.8. The molecule has 4 rings (SSSR count). The standard InChI is InChI=1S/C35H52N8O20S/c1-11-9-42-25(27(11)51)33(57)41-30(54)18(48)7-14(36)29(53)38-22(12(2)44)34(58)43-10-19(49)28(52)26(43)32(56)39-23(31(55)40-24(35(42)59)17(47)8-21(37)50)16(46)5-13-3-4-15(45)20(6-13)63-64(60,61)62/h3-4,6,11-12,14,16-19,22-28,30,44-49,51-52,54H,5,7-10,36H2,1-2H3,(H2,37,50)(H,38,53)(H,39,56)(H,40,55)(H,41,57)(H,60,61,62). The second-order valence-corrected chi connectivity index (χ2v) is 16.8. The lowest BCUT2D eigenvalue weighted by molar-refractivity contribution is -0.149. The quantitative estimate of drug-likeness (QED) is 0.102. The summed E-state index contributed by atoms with van der Waals surface area (Å²) < 4.78 is 36.2. The highest BCUT2D eigenvalue weighted by Gasteiger charge is 2.52. The lowest BCUT2D eigenvalue weighted by atomic mass is 9.98. The number of aromatic hydroxyl groups is 1. The molecule has 3 heterocycles. The van der Waals surface area contributed by atoms with E-state index in [0.29, 0.717) is 9.80 Å². The topological polar surface area (TPSA) is 472 Å². The molecule has 0 saturated carbocycles. The average Bonchev–Trinajstić information content (AvgIpc) is 3.66. The van der Waals surface area contributed by atoms with Gasteiger partial charge in [0.1, 0.15) is 42.4 Å². The third-order valence-electron chi connectivity index (χ3n) is 10.8. The molecule has 64 heavy (non-hydrogen) atoms. The molecule has 0 aliphatic carbocycles. The Hall–Kier alpha value is -5.34. The van der Waals surface area contributed by atoms with Crippen LogP contribution in [0.1, 0.15) is 32.3 Å². The number of phenols is 1. The number of aliphatic hydroxyl groups is 8. The normalized spacial score (nSPS) is 33.1. The van der Waals surface area contributed by atoms with Crippen molar-refractivity contribution >= 4 is 51.7 Å². The molecule has 15 unspecified atom stereocenters. The highest BCUT2D eigenvalue weighted by atomic mass is 32.3. The molecule has 1 aromatic carbocycles. The molecule has 28 nitrogen and oxygen atoms in total. The second kappa shape index (κ2) is 20.7. The molecule has 3 aliphatic heterocycles. The number of primary amides is 1. The van der Waals surface area contributed by atoms with Crippen molar-refractivity contribution in [2.45, 2.75) is 118 Å². The van der Waals surface area contributed by atoms with Crippen LogP contribution in [0.5, 0.6) is 11.5 Å². The van der Waals surface area contributed by atoms with Crippen molar-refractivity contribution in [2.75, 3.05) is 13.1 Å². The van der Waals surface area contributed by atoms with Crippen molar-refractivity contribution in [3.63, 3.8) is 0 Å². The van der Waals surface area contributed by atoms with Gasteiger partial charge in [-0.25, -0.2) is 0 Å². The summed E-state index contributed by atoms with van der Waals surface area (Å²) in [7, 11) is -5.23. The number of hydrogen-bond donors (Lipinski definition) is 16. The molecule has 0 bridgehead atoms. The van der Waals surface area contributed by atoms with Gasteiger partial charge in [0, 0.05) is 25.3 Å². The highest BCUT2D eigenvalue weighted by Crippen LogP contribution is 2.30. The summed E-state index contributed by atoms with van der Waals surface area (Å²) in [6.07, 6.45) is -19.2. The van der Waals surface area contributed by atoms with Crippen LogP contribution < -0.4 is 36.9 Å². The maximum atomic E-state index is 14.3. The number of fused-ring (bicyclic) bond motifs is 2. The molecular formula is C35H52N8O20S. The van der Waals surface area contributed by atoms with E-state index in [1.165, 1.54) is 6.92 Å². The largest absolute Gasteiger partial charge is 0.504 e. The van der Waals surface area contributed by atoms with Crippen LogP contribution in [0.15, 0.2) is 18.2 Å². The number of hydrogen-bond acceptors (Lipinski definition) is 20. The fraction of sp³-hybridized carbons (Fsp3) is 0.629. The zero-order chi connectivity index (χ0) is 48.3. The summed E-state index contributed by atoms with van der Waals surface area (Å²) in [4.78, 5) is 96.5. The summed E-state index contributed by atoms with van der Waals surface area (Å²) in [6, 6.07) is -10.00. The number of nitrogens with two attached hydrogens (primary N) is 2. The van der Waals surface area contributed by atoms with Gasteiger partial charge in [-0.1, -0.05) is 13.0 Å². The fourth-order valence-corrected chi connectivity index (χ4v) is 7.77. The molecule has 18 N–H and O–H groups in total. The predicted molar refractivity (Wildman–Crippen MR) is 208 cm³/mol. The lowest BCUT2D eigenvalue weighted by Gasteiger charge is -2.34. The molecule has 3 fully saturated rings. The molecule has 1 aromatic rings. The van der Waals surface area contributed by atoms with Gasteiger partial charge in [-0.3, -0.25) is 38.1 Å². The molecule has 0 spiro atoms. The number of phenolic OH excluding ortho intramolecular Hbond substituents is 1. The molecule has 3 saturated heterocycles. The van der Waals surface area contributed by atoms with Crippen LogP contribution in [0.4, 0.5) is 0 Å². The van der Waals surface area contributed by atoms with Gasteiger partial charge in [0.25, 0.3) is 0 Å². The lowest BCUT2D eigenvalue weighted by Crippen LogP contribution is -2.65. The van der Waals surface area contributed by atoms with Gasteiger partial charge in [-0.05, 0) is 24.6 Å². The SMILES string of the molecule is CC(O)C1NC(=O)C(N)CC(O)C(O)NC(=O)C2C(O)C(C)CN2C(=O)C(C(O)CC(N)=O)NC(=O)C(C(O)Cc2ccc(O)c(OS(=O)(=O)O)c2)NC(=O)C2C(O)C(O)CN2C1=O.